The van der Waals surface area contributed by atoms with E-state index in [9.17, 15) is 0 Å². The summed E-state index contributed by atoms with van der Waals surface area (Å²) in [7, 11) is 4.97. The molecule has 0 bridgehead atoms. The predicted octanol–water partition coefficient (Wildman–Crippen LogP) is 1.91. The molecule has 0 aromatic heterocycles. The Hall–Kier alpha value is -1.26. The molecule has 0 saturated carbocycles. The van der Waals surface area contributed by atoms with Crippen LogP contribution >= 0.6 is 0 Å². The van der Waals surface area contributed by atoms with Gasteiger partial charge in [0.25, 0.3) is 0 Å². The topological polar surface area (TPSA) is 53.7 Å². The quantitative estimate of drug-likeness (QED) is 0.824. The highest BCUT2D eigenvalue weighted by Crippen LogP contribution is 2.34. The lowest BCUT2D eigenvalue weighted by molar-refractivity contribution is 0.181. The maximum absolute atomic E-state index is 5.72. The third-order valence-corrected chi connectivity index (χ3v) is 2.79. The molecule has 1 aromatic rings. The van der Waals surface area contributed by atoms with E-state index in [2.05, 4.69) is 6.92 Å². The number of methoxy groups -OCH3 is 3. The first-order chi connectivity index (χ1) is 8.17. The predicted molar refractivity (Wildman–Crippen MR) is 67.7 cm³/mol. The fraction of sp³-hybridized carbons (Fsp3) is 0.538. The fourth-order valence-electron chi connectivity index (χ4n) is 1.81. The number of hydrogen-bond donors (Lipinski definition) is 1. The van der Waals surface area contributed by atoms with Crippen LogP contribution in [-0.4, -0.2) is 27.9 Å². The molecule has 1 aromatic carbocycles. The fourth-order valence-corrected chi connectivity index (χ4v) is 1.81. The van der Waals surface area contributed by atoms with Crippen molar-refractivity contribution in [1.29, 1.82) is 0 Å². The van der Waals surface area contributed by atoms with Gasteiger partial charge in [0.2, 0.25) is 0 Å². The summed E-state index contributed by atoms with van der Waals surface area (Å²) >= 11 is 0. The minimum absolute atomic E-state index is 0.218. The van der Waals surface area contributed by atoms with E-state index in [-0.39, 0.29) is 5.92 Å². The molecule has 0 heterocycles. The van der Waals surface area contributed by atoms with E-state index in [1.807, 2.05) is 12.1 Å². The van der Waals surface area contributed by atoms with Crippen molar-refractivity contribution in [2.45, 2.75) is 19.4 Å². The molecule has 0 aliphatic carbocycles. The number of hydrogen-bond acceptors (Lipinski definition) is 4. The molecule has 1 rings (SSSR count). The van der Waals surface area contributed by atoms with Crippen molar-refractivity contribution in [2.24, 2.45) is 5.73 Å². The van der Waals surface area contributed by atoms with E-state index in [0.717, 1.165) is 22.6 Å². The molecule has 0 radical (unpaired) electrons. The lowest BCUT2D eigenvalue weighted by Gasteiger charge is -2.18. The Morgan fingerprint density at radius 3 is 2.35 bits per heavy atom. The lowest BCUT2D eigenvalue weighted by Crippen LogP contribution is -2.11. The van der Waals surface area contributed by atoms with Gasteiger partial charge in [0.1, 0.15) is 11.5 Å². The Bertz CT molecular complexity index is 366. The van der Waals surface area contributed by atoms with Crippen LogP contribution in [0.2, 0.25) is 0 Å². The van der Waals surface area contributed by atoms with Gasteiger partial charge in [-0.05, 0) is 24.6 Å². The minimum atomic E-state index is 0.218. The van der Waals surface area contributed by atoms with Crippen LogP contribution in [0, 0.1) is 0 Å². The zero-order chi connectivity index (χ0) is 12.8. The van der Waals surface area contributed by atoms with Gasteiger partial charge in [-0.1, -0.05) is 6.92 Å². The summed E-state index contributed by atoms with van der Waals surface area (Å²) < 4.78 is 15.9. The first-order valence-corrected chi connectivity index (χ1v) is 5.61. The molecule has 0 aliphatic heterocycles. The van der Waals surface area contributed by atoms with Crippen LogP contribution in [0.15, 0.2) is 12.1 Å². The summed E-state index contributed by atoms with van der Waals surface area (Å²) in [6, 6.07) is 3.89. The third-order valence-electron chi connectivity index (χ3n) is 2.79. The molecule has 2 N–H and O–H groups in total. The van der Waals surface area contributed by atoms with E-state index in [0.29, 0.717) is 13.2 Å². The van der Waals surface area contributed by atoms with Crippen molar-refractivity contribution in [3.63, 3.8) is 0 Å². The molecule has 0 amide bonds. The second kappa shape index (κ2) is 6.47. The molecule has 1 unspecified atom stereocenters. The Morgan fingerprint density at radius 1 is 1.18 bits per heavy atom. The van der Waals surface area contributed by atoms with Gasteiger partial charge in [-0.2, -0.15) is 0 Å². The second-order valence-corrected chi connectivity index (χ2v) is 3.98. The highest BCUT2D eigenvalue weighted by Gasteiger charge is 2.16. The Morgan fingerprint density at radius 2 is 1.88 bits per heavy atom. The van der Waals surface area contributed by atoms with Gasteiger partial charge < -0.3 is 19.9 Å². The average Bonchev–Trinajstić information content (AvgIpc) is 2.37. The van der Waals surface area contributed by atoms with Crippen molar-refractivity contribution in [3.8, 4) is 11.5 Å². The van der Waals surface area contributed by atoms with E-state index in [1.54, 1.807) is 21.3 Å². The van der Waals surface area contributed by atoms with Crippen molar-refractivity contribution in [3.05, 3.63) is 23.3 Å². The average molecular weight is 239 g/mol. The van der Waals surface area contributed by atoms with Crippen LogP contribution in [0.25, 0.3) is 0 Å². The molecule has 1 atom stereocenters. The first kappa shape index (κ1) is 13.8. The van der Waals surface area contributed by atoms with Gasteiger partial charge in [0, 0.05) is 18.2 Å². The van der Waals surface area contributed by atoms with E-state index < -0.39 is 0 Å². The van der Waals surface area contributed by atoms with Gasteiger partial charge >= 0.3 is 0 Å². The highest BCUT2D eigenvalue weighted by atomic mass is 16.5. The van der Waals surface area contributed by atoms with Gasteiger partial charge in [-0.3, -0.25) is 0 Å². The van der Waals surface area contributed by atoms with Crippen molar-refractivity contribution < 1.29 is 14.2 Å². The van der Waals surface area contributed by atoms with Crippen molar-refractivity contribution >= 4 is 0 Å². The molecule has 17 heavy (non-hydrogen) atoms. The zero-order valence-electron chi connectivity index (χ0n) is 10.9. The standard InChI is InChI=1S/C13H21NO3/c1-9(7-14)12-6-11(16-3)5-10(8-15-2)13(12)17-4/h5-6,9H,7-8,14H2,1-4H3. The summed E-state index contributed by atoms with van der Waals surface area (Å²) in [5.41, 5.74) is 7.75. The first-order valence-electron chi connectivity index (χ1n) is 5.61. The molecule has 0 saturated heterocycles. The third kappa shape index (κ3) is 3.11. The number of ether oxygens (including phenoxy) is 3. The van der Waals surface area contributed by atoms with E-state index in [4.69, 9.17) is 19.9 Å². The maximum atomic E-state index is 5.72. The van der Waals surface area contributed by atoms with Gasteiger partial charge in [-0.15, -0.1) is 0 Å². The second-order valence-electron chi connectivity index (χ2n) is 3.98. The zero-order valence-corrected chi connectivity index (χ0v) is 10.9. The summed E-state index contributed by atoms with van der Waals surface area (Å²) in [5.74, 6) is 1.86. The maximum Gasteiger partial charge on any atom is 0.128 e. The van der Waals surface area contributed by atoms with Crippen LogP contribution in [0.4, 0.5) is 0 Å². The van der Waals surface area contributed by atoms with Gasteiger partial charge in [0.15, 0.2) is 0 Å². The molecule has 4 nitrogen and oxygen atoms in total. The van der Waals surface area contributed by atoms with Crippen LogP contribution in [-0.2, 0) is 11.3 Å². The smallest absolute Gasteiger partial charge is 0.128 e. The number of rotatable bonds is 6. The summed E-state index contributed by atoms with van der Waals surface area (Å²) in [4.78, 5) is 0. The van der Waals surface area contributed by atoms with Crippen LogP contribution < -0.4 is 15.2 Å². The Kier molecular flexibility index (Phi) is 5.25. The van der Waals surface area contributed by atoms with Crippen molar-refractivity contribution in [1.82, 2.24) is 0 Å². The summed E-state index contributed by atoms with van der Waals surface area (Å²) in [6.07, 6.45) is 0. The minimum Gasteiger partial charge on any atom is -0.497 e. The number of benzene rings is 1. The van der Waals surface area contributed by atoms with Gasteiger partial charge in [-0.25, -0.2) is 0 Å². The van der Waals surface area contributed by atoms with Crippen LogP contribution in [0.3, 0.4) is 0 Å². The number of nitrogens with two attached hydrogens (primary N) is 1. The van der Waals surface area contributed by atoms with E-state index in [1.165, 1.54) is 0 Å². The Balaban J connectivity index is 3.28. The van der Waals surface area contributed by atoms with Crippen LogP contribution in [0.1, 0.15) is 24.0 Å². The largest absolute Gasteiger partial charge is 0.497 e. The SMILES string of the molecule is COCc1cc(OC)cc(C(C)CN)c1OC. The van der Waals surface area contributed by atoms with E-state index >= 15 is 0 Å². The summed E-state index contributed by atoms with van der Waals surface area (Å²) in [6.45, 7) is 3.12. The molecule has 0 fully saturated rings. The monoisotopic (exact) mass is 239 g/mol. The normalized spacial score (nSPS) is 12.3. The van der Waals surface area contributed by atoms with Crippen molar-refractivity contribution in [2.75, 3.05) is 27.9 Å². The molecular weight excluding hydrogens is 218 g/mol. The summed E-state index contributed by atoms with van der Waals surface area (Å²) in [5, 5.41) is 0. The van der Waals surface area contributed by atoms with Crippen LogP contribution in [0.5, 0.6) is 11.5 Å². The molecular formula is C13H21NO3. The highest BCUT2D eigenvalue weighted by molar-refractivity contribution is 5.48. The Labute approximate surface area is 103 Å². The molecule has 0 aliphatic rings. The molecule has 4 heteroatoms. The molecule has 96 valence electrons. The van der Waals surface area contributed by atoms with Gasteiger partial charge in [0.05, 0.1) is 20.8 Å². The molecule has 0 spiro atoms. The lowest BCUT2D eigenvalue weighted by atomic mass is 9.97.